The molecule has 0 heterocycles. The number of ether oxygens (including phenoxy) is 1. The lowest BCUT2D eigenvalue weighted by atomic mass is 9.96. The highest BCUT2D eigenvalue weighted by atomic mass is 127. The molecule has 25 heavy (non-hydrogen) atoms. The summed E-state index contributed by atoms with van der Waals surface area (Å²) >= 11 is 0. The van der Waals surface area contributed by atoms with Gasteiger partial charge in [-0.1, -0.05) is 37.3 Å². The van der Waals surface area contributed by atoms with Crippen molar-refractivity contribution in [2.45, 2.75) is 45.3 Å². The average molecular weight is 451 g/mol. The lowest BCUT2D eigenvalue weighted by molar-refractivity contribution is 0.119. The molecule has 0 aliphatic heterocycles. The summed E-state index contributed by atoms with van der Waals surface area (Å²) in [5.74, 6) is 1.34. The molecule has 3 N–H and O–H groups in total. The van der Waals surface area contributed by atoms with Gasteiger partial charge in [-0.05, 0) is 49.4 Å². The summed E-state index contributed by atoms with van der Waals surface area (Å²) in [5, 5.41) is 3.13. The summed E-state index contributed by atoms with van der Waals surface area (Å²) in [5.41, 5.74) is 9.33. The summed E-state index contributed by atoms with van der Waals surface area (Å²) in [6.45, 7) is 2.65. The number of rotatable bonds is 6. The van der Waals surface area contributed by atoms with Crippen LogP contribution in [0.3, 0.4) is 0 Å². The zero-order valence-electron chi connectivity index (χ0n) is 14.6. The highest BCUT2D eigenvalue weighted by molar-refractivity contribution is 14.0. The highest BCUT2D eigenvalue weighted by Gasteiger charge is 2.20. The molecule has 134 valence electrons. The van der Waals surface area contributed by atoms with Crippen molar-refractivity contribution in [3.8, 4) is 5.75 Å². The van der Waals surface area contributed by atoms with E-state index in [1.54, 1.807) is 0 Å². The zero-order chi connectivity index (χ0) is 16.8. The summed E-state index contributed by atoms with van der Waals surface area (Å²) in [7, 11) is 0. The Kier molecular flexibility index (Phi) is 7.55. The zero-order valence-corrected chi connectivity index (χ0v) is 16.9. The molecule has 3 rings (SSSR count). The Morgan fingerprint density at radius 1 is 1.16 bits per heavy atom. The van der Waals surface area contributed by atoms with E-state index in [4.69, 9.17) is 10.5 Å². The Bertz CT molecular complexity index is 696. The van der Waals surface area contributed by atoms with E-state index in [2.05, 4.69) is 29.4 Å². The number of para-hydroxylation sites is 1. The first-order valence-corrected chi connectivity index (χ1v) is 8.65. The van der Waals surface area contributed by atoms with Gasteiger partial charge >= 0.3 is 0 Å². The van der Waals surface area contributed by atoms with Crippen molar-refractivity contribution >= 4 is 35.6 Å². The normalized spacial score (nSPS) is 14.4. The molecule has 1 aliphatic carbocycles. The van der Waals surface area contributed by atoms with Crippen LogP contribution in [-0.2, 0) is 13.0 Å². The monoisotopic (exact) mass is 451 g/mol. The first-order valence-electron chi connectivity index (χ1n) is 8.65. The molecule has 1 fully saturated rings. The Labute approximate surface area is 166 Å². The van der Waals surface area contributed by atoms with Crippen molar-refractivity contribution in [2.75, 3.05) is 5.32 Å². The minimum Gasteiger partial charge on any atom is -0.490 e. The van der Waals surface area contributed by atoms with Crippen LogP contribution in [0.4, 0.5) is 5.69 Å². The fourth-order valence-corrected chi connectivity index (χ4v) is 2.60. The smallest absolute Gasteiger partial charge is 0.193 e. The molecule has 0 saturated heterocycles. The Morgan fingerprint density at radius 3 is 2.52 bits per heavy atom. The van der Waals surface area contributed by atoms with Crippen molar-refractivity contribution in [1.82, 2.24) is 0 Å². The van der Waals surface area contributed by atoms with Gasteiger partial charge < -0.3 is 15.8 Å². The second-order valence-electron chi connectivity index (χ2n) is 6.16. The summed E-state index contributed by atoms with van der Waals surface area (Å²) < 4.78 is 6.03. The first-order chi connectivity index (χ1) is 11.7. The van der Waals surface area contributed by atoms with E-state index in [1.165, 1.54) is 12.0 Å². The van der Waals surface area contributed by atoms with Gasteiger partial charge in [-0.2, -0.15) is 0 Å². The van der Waals surface area contributed by atoms with Gasteiger partial charge in [-0.3, -0.25) is 0 Å². The fourth-order valence-electron chi connectivity index (χ4n) is 2.60. The van der Waals surface area contributed by atoms with Crippen LogP contribution < -0.4 is 15.8 Å². The lowest BCUT2D eigenvalue weighted by Gasteiger charge is -2.27. The second kappa shape index (κ2) is 9.65. The minimum atomic E-state index is 0. The molecule has 0 radical (unpaired) electrons. The number of hydrogen-bond acceptors (Lipinski definition) is 2. The molecule has 2 aromatic carbocycles. The first kappa shape index (κ1) is 19.6. The van der Waals surface area contributed by atoms with Gasteiger partial charge in [0.2, 0.25) is 0 Å². The second-order valence-corrected chi connectivity index (χ2v) is 6.16. The third-order valence-corrected chi connectivity index (χ3v) is 4.37. The number of aryl methyl sites for hydroxylation is 1. The standard InChI is InChI=1S/C20H25N3O.HI/c1-2-15-10-12-17(13-11-15)23-20(21)22-14-16-6-3-4-9-19(16)24-18-7-5-8-18;/h3-4,6,9-13,18H,2,5,7-8,14H2,1H3,(H3,21,22,23);1H. The number of nitrogens with zero attached hydrogens (tertiary/aromatic N) is 1. The fraction of sp³-hybridized carbons (Fsp3) is 0.350. The van der Waals surface area contributed by atoms with Gasteiger partial charge in [-0.25, -0.2) is 4.99 Å². The maximum absolute atomic E-state index is 6.03. The quantitative estimate of drug-likeness (QED) is 0.380. The average Bonchev–Trinajstić information content (AvgIpc) is 2.58. The summed E-state index contributed by atoms with van der Waals surface area (Å²) in [6, 6.07) is 16.3. The number of guanidine groups is 1. The predicted octanol–water partition coefficient (Wildman–Crippen LogP) is 4.73. The van der Waals surface area contributed by atoms with E-state index in [0.717, 1.165) is 36.3 Å². The SMILES string of the molecule is CCc1ccc(NC(N)=NCc2ccccc2OC2CCC2)cc1.I. The molecule has 4 nitrogen and oxygen atoms in total. The van der Waals surface area contributed by atoms with Gasteiger partial charge in [0.25, 0.3) is 0 Å². The third kappa shape index (κ3) is 5.63. The topological polar surface area (TPSA) is 59.6 Å². The Balaban J connectivity index is 0.00000225. The molecule has 0 atom stereocenters. The predicted molar refractivity (Wildman–Crippen MR) is 115 cm³/mol. The molecular formula is C20H26IN3O. The lowest BCUT2D eigenvalue weighted by Crippen LogP contribution is -2.25. The molecule has 1 aliphatic rings. The van der Waals surface area contributed by atoms with Crippen LogP contribution in [0.5, 0.6) is 5.75 Å². The molecule has 0 spiro atoms. The van der Waals surface area contributed by atoms with E-state index >= 15 is 0 Å². The van der Waals surface area contributed by atoms with Gasteiger partial charge in [0.15, 0.2) is 5.96 Å². The van der Waals surface area contributed by atoms with E-state index < -0.39 is 0 Å². The number of halogens is 1. The van der Waals surface area contributed by atoms with Gasteiger partial charge in [-0.15, -0.1) is 24.0 Å². The third-order valence-electron chi connectivity index (χ3n) is 4.37. The van der Waals surface area contributed by atoms with E-state index in [1.807, 2.05) is 36.4 Å². The van der Waals surface area contributed by atoms with Crippen molar-refractivity contribution in [2.24, 2.45) is 10.7 Å². The van der Waals surface area contributed by atoms with E-state index in [9.17, 15) is 0 Å². The Hall–Kier alpha value is -1.76. The van der Waals surface area contributed by atoms with Gasteiger partial charge in [0.1, 0.15) is 5.75 Å². The minimum absolute atomic E-state index is 0. The number of hydrogen-bond donors (Lipinski definition) is 2. The number of anilines is 1. The number of aliphatic imine (C=N–C) groups is 1. The van der Waals surface area contributed by atoms with Crippen molar-refractivity contribution in [3.63, 3.8) is 0 Å². The molecule has 1 saturated carbocycles. The van der Waals surface area contributed by atoms with Crippen LogP contribution >= 0.6 is 24.0 Å². The van der Waals surface area contributed by atoms with Gasteiger partial charge in [0, 0.05) is 11.3 Å². The maximum Gasteiger partial charge on any atom is 0.193 e. The highest BCUT2D eigenvalue weighted by Crippen LogP contribution is 2.27. The maximum atomic E-state index is 6.03. The van der Waals surface area contributed by atoms with E-state index in [0.29, 0.717) is 18.6 Å². The number of nitrogens with two attached hydrogens (primary N) is 1. The molecule has 0 aromatic heterocycles. The molecule has 0 unspecified atom stereocenters. The van der Waals surface area contributed by atoms with Crippen LogP contribution in [0.25, 0.3) is 0 Å². The van der Waals surface area contributed by atoms with Crippen LogP contribution in [0, 0.1) is 0 Å². The molecular weight excluding hydrogens is 425 g/mol. The number of benzene rings is 2. The van der Waals surface area contributed by atoms with Crippen LogP contribution in [0.1, 0.15) is 37.3 Å². The van der Waals surface area contributed by atoms with Crippen LogP contribution in [-0.4, -0.2) is 12.1 Å². The van der Waals surface area contributed by atoms with Crippen molar-refractivity contribution in [1.29, 1.82) is 0 Å². The molecule has 0 amide bonds. The molecule has 2 aromatic rings. The summed E-state index contributed by atoms with van der Waals surface area (Å²) in [6.07, 6.45) is 4.95. The van der Waals surface area contributed by atoms with Crippen molar-refractivity contribution in [3.05, 3.63) is 59.7 Å². The number of nitrogens with one attached hydrogen (secondary N) is 1. The summed E-state index contributed by atoms with van der Waals surface area (Å²) in [4.78, 5) is 4.45. The molecule has 0 bridgehead atoms. The Morgan fingerprint density at radius 2 is 1.88 bits per heavy atom. The molecule has 5 heteroatoms. The van der Waals surface area contributed by atoms with Crippen LogP contribution in [0.15, 0.2) is 53.5 Å². The van der Waals surface area contributed by atoms with Crippen LogP contribution in [0.2, 0.25) is 0 Å². The van der Waals surface area contributed by atoms with E-state index in [-0.39, 0.29) is 24.0 Å². The van der Waals surface area contributed by atoms with Gasteiger partial charge in [0.05, 0.1) is 12.6 Å². The largest absolute Gasteiger partial charge is 0.490 e. The van der Waals surface area contributed by atoms with Crippen molar-refractivity contribution < 1.29 is 4.74 Å².